The van der Waals surface area contributed by atoms with Crippen LogP contribution < -0.4 is 0 Å². The number of allylic oxidation sites excluding steroid dienone is 1. The number of hydrogen-bond donors (Lipinski definition) is 2. The molecule has 0 amide bonds. The summed E-state index contributed by atoms with van der Waals surface area (Å²) in [6.07, 6.45) is 2.20. The van der Waals surface area contributed by atoms with Gasteiger partial charge in [0.25, 0.3) is 0 Å². The Balaban J connectivity index is 3.43. The van der Waals surface area contributed by atoms with E-state index in [0.29, 0.717) is 36.8 Å². The minimum atomic E-state index is -1.10. The summed E-state index contributed by atoms with van der Waals surface area (Å²) in [7, 11) is 1.66. The molecule has 19 heavy (non-hydrogen) atoms. The second-order valence-electron chi connectivity index (χ2n) is 4.35. The van der Waals surface area contributed by atoms with Crippen LogP contribution in [-0.2, 0) is 13.5 Å². The van der Waals surface area contributed by atoms with Crippen molar-refractivity contribution in [2.24, 2.45) is 7.05 Å². The summed E-state index contributed by atoms with van der Waals surface area (Å²) in [5, 5.41) is 18.1. The van der Waals surface area contributed by atoms with Crippen LogP contribution in [0.25, 0.3) is 5.57 Å². The molecular weight excluding hydrogens is 246 g/mol. The van der Waals surface area contributed by atoms with Gasteiger partial charge >= 0.3 is 5.97 Å². The van der Waals surface area contributed by atoms with Crippen LogP contribution in [0.5, 0.6) is 0 Å². The molecule has 0 aliphatic rings. The third-order valence-corrected chi connectivity index (χ3v) is 3.19. The maximum Gasteiger partial charge on any atom is 0.338 e. The molecule has 0 aliphatic heterocycles. The Morgan fingerprint density at radius 2 is 2.11 bits per heavy atom. The zero-order chi connectivity index (χ0) is 14.6. The number of aromatic nitrogens is 1. The van der Waals surface area contributed by atoms with Crippen LogP contribution in [0.1, 0.15) is 51.9 Å². The van der Waals surface area contributed by atoms with Gasteiger partial charge in [0, 0.05) is 19.3 Å². The molecule has 0 bridgehead atoms. The summed E-state index contributed by atoms with van der Waals surface area (Å²) in [4.78, 5) is 22.4. The molecule has 0 saturated carbocycles. The van der Waals surface area contributed by atoms with Gasteiger partial charge in [-0.15, -0.1) is 0 Å². The zero-order valence-electron chi connectivity index (χ0n) is 11.3. The van der Waals surface area contributed by atoms with E-state index in [4.69, 9.17) is 5.11 Å². The van der Waals surface area contributed by atoms with Crippen LogP contribution in [0.4, 0.5) is 0 Å². The van der Waals surface area contributed by atoms with Crippen LogP contribution >= 0.6 is 0 Å². The van der Waals surface area contributed by atoms with Crippen LogP contribution in [0, 0.1) is 0 Å². The van der Waals surface area contributed by atoms with E-state index in [0.717, 1.165) is 5.57 Å². The SMILES string of the molecule is C=C(CCCO)c1c(CC)c(C(=O)O)c(C=O)n1C. The second kappa shape index (κ2) is 6.33. The van der Waals surface area contributed by atoms with E-state index in [9.17, 15) is 14.7 Å². The standard InChI is InChI=1S/C14H19NO4/c1-4-10-12(14(18)19)11(8-17)15(3)13(10)9(2)6-5-7-16/h8,16H,2,4-7H2,1,3H3,(H,18,19). The van der Waals surface area contributed by atoms with Crippen LogP contribution in [-0.4, -0.2) is 33.6 Å². The lowest BCUT2D eigenvalue weighted by Gasteiger charge is -2.10. The van der Waals surface area contributed by atoms with Gasteiger partial charge in [-0.3, -0.25) is 4.79 Å². The molecule has 2 N–H and O–H groups in total. The fourth-order valence-electron chi connectivity index (χ4n) is 2.35. The van der Waals surface area contributed by atoms with Gasteiger partial charge in [0.15, 0.2) is 6.29 Å². The van der Waals surface area contributed by atoms with E-state index >= 15 is 0 Å². The normalized spacial score (nSPS) is 10.5. The molecule has 0 saturated heterocycles. The van der Waals surface area contributed by atoms with Gasteiger partial charge in [-0.05, 0) is 30.4 Å². The molecule has 0 aromatic carbocycles. The summed E-state index contributed by atoms with van der Waals surface area (Å²) < 4.78 is 1.58. The number of aromatic carboxylic acids is 1. The van der Waals surface area contributed by atoms with Crippen molar-refractivity contribution in [3.8, 4) is 0 Å². The molecule has 104 valence electrons. The molecule has 0 unspecified atom stereocenters. The summed E-state index contributed by atoms with van der Waals surface area (Å²) in [5.74, 6) is -1.10. The van der Waals surface area contributed by atoms with Gasteiger partial charge < -0.3 is 14.8 Å². The molecule has 5 nitrogen and oxygen atoms in total. The number of aliphatic hydroxyl groups is 1. The molecule has 1 rings (SSSR count). The van der Waals surface area contributed by atoms with Crippen molar-refractivity contribution < 1.29 is 19.8 Å². The summed E-state index contributed by atoms with van der Waals surface area (Å²) in [5.41, 5.74) is 2.27. The third-order valence-electron chi connectivity index (χ3n) is 3.19. The minimum absolute atomic E-state index is 0.0528. The van der Waals surface area contributed by atoms with Crippen LogP contribution in [0.2, 0.25) is 0 Å². The lowest BCUT2D eigenvalue weighted by molar-refractivity contribution is 0.0692. The van der Waals surface area contributed by atoms with Gasteiger partial charge in [0.2, 0.25) is 0 Å². The van der Waals surface area contributed by atoms with Gasteiger partial charge in [-0.2, -0.15) is 0 Å². The van der Waals surface area contributed by atoms with Gasteiger partial charge in [0.05, 0.1) is 11.3 Å². The van der Waals surface area contributed by atoms with E-state index in [-0.39, 0.29) is 17.9 Å². The number of aldehydes is 1. The largest absolute Gasteiger partial charge is 0.478 e. The Labute approximate surface area is 112 Å². The molecule has 1 heterocycles. The Morgan fingerprint density at radius 3 is 2.53 bits per heavy atom. The molecule has 0 radical (unpaired) electrons. The summed E-state index contributed by atoms with van der Waals surface area (Å²) >= 11 is 0. The van der Waals surface area contributed by atoms with Crippen molar-refractivity contribution in [1.82, 2.24) is 4.57 Å². The molecule has 0 aliphatic carbocycles. The maximum absolute atomic E-state index is 11.3. The van der Waals surface area contributed by atoms with E-state index in [1.54, 1.807) is 11.6 Å². The quantitative estimate of drug-likeness (QED) is 0.738. The monoisotopic (exact) mass is 265 g/mol. The Kier molecular flexibility index (Phi) is 5.06. The van der Waals surface area contributed by atoms with Crippen molar-refractivity contribution in [2.75, 3.05) is 6.61 Å². The average molecular weight is 265 g/mol. The number of rotatable bonds is 7. The summed E-state index contributed by atoms with van der Waals surface area (Å²) in [6, 6.07) is 0. The Hall–Kier alpha value is -1.88. The highest BCUT2D eigenvalue weighted by Gasteiger charge is 2.25. The van der Waals surface area contributed by atoms with Crippen molar-refractivity contribution >= 4 is 17.8 Å². The van der Waals surface area contributed by atoms with Gasteiger partial charge in [0.1, 0.15) is 0 Å². The fourth-order valence-corrected chi connectivity index (χ4v) is 2.35. The maximum atomic E-state index is 11.3. The summed E-state index contributed by atoms with van der Waals surface area (Å²) in [6.45, 7) is 5.84. The second-order valence-corrected chi connectivity index (χ2v) is 4.35. The minimum Gasteiger partial charge on any atom is -0.478 e. The predicted molar refractivity (Wildman–Crippen MR) is 72.5 cm³/mol. The van der Waals surface area contributed by atoms with Crippen LogP contribution in [0.3, 0.4) is 0 Å². The number of nitrogens with zero attached hydrogens (tertiary/aromatic N) is 1. The Morgan fingerprint density at radius 1 is 1.47 bits per heavy atom. The molecule has 0 fully saturated rings. The smallest absolute Gasteiger partial charge is 0.338 e. The van der Waals surface area contributed by atoms with Crippen molar-refractivity contribution in [3.63, 3.8) is 0 Å². The van der Waals surface area contributed by atoms with E-state index < -0.39 is 5.97 Å². The zero-order valence-corrected chi connectivity index (χ0v) is 11.3. The van der Waals surface area contributed by atoms with Crippen molar-refractivity contribution in [2.45, 2.75) is 26.2 Å². The number of carboxylic acid groups (broad SMARTS) is 1. The molecule has 5 heteroatoms. The van der Waals surface area contributed by atoms with E-state index in [2.05, 4.69) is 6.58 Å². The predicted octanol–water partition coefficient (Wildman–Crippen LogP) is 1.88. The number of carbonyl (C=O) groups excluding carboxylic acids is 1. The molecule has 0 atom stereocenters. The third kappa shape index (κ3) is 2.76. The van der Waals surface area contributed by atoms with E-state index in [1.165, 1.54) is 0 Å². The molecule has 1 aromatic heterocycles. The van der Waals surface area contributed by atoms with Crippen molar-refractivity contribution in [3.05, 3.63) is 29.1 Å². The van der Waals surface area contributed by atoms with E-state index in [1.807, 2.05) is 6.92 Å². The highest BCUT2D eigenvalue weighted by Crippen LogP contribution is 2.29. The highest BCUT2D eigenvalue weighted by atomic mass is 16.4. The number of hydrogen-bond acceptors (Lipinski definition) is 3. The lowest BCUT2D eigenvalue weighted by Crippen LogP contribution is -2.04. The molecule has 1 aromatic rings. The van der Waals surface area contributed by atoms with Crippen LogP contribution in [0.15, 0.2) is 6.58 Å². The average Bonchev–Trinajstić information content (AvgIpc) is 2.67. The number of aliphatic hydroxyl groups excluding tert-OH is 1. The first kappa shape index (κ1) is 15.2. The van der Waals surface area contributed by atoms with Crippen molar-refractivity contribution in [1.29, 1.82) is 0 Å². The molecular formula is C14H19NO4. The topological polar surface area (TPSA) is 79.5 Å². The first-order valence-electron chi connectivity index (χ1n) is 6.18. The number of carboxylic acids is 1. The lowest BCUT2D eigenvalue weighted by atomic mass is 10.00. The Bertz CT molecular complexity index is 514. The fraction of sp³-hybridized carbons (Fsp3) is 0.429. The number of carbonyl (C=O) groups is 2. The first-order chi connectivity index (χ1) is 8.99. The first-order valence-corrected chi connectivity index (χ1v) is 6.18. The molecule has 0 spiro atoms. The highest BCUT2D eigenvalue weighted by molar-refractivity contribution is 5.99. The van der Waals surface area contributed by atoms with Gasteiger partial charge in [-0.1, -0.05) is 13.5 Å². The van der Waals surface area contributed by atoms with Gasteiger partial charge in [-0.25, -0.2) is 4.79 Å².